The average Bonchev–Trinajstić information content (AvgIpc) is 1.85. The molecule has 0 radical (unpaired) electrons. The fourth-order valence-corrected chi connectivity index (χ4v) is 1.36. The average molecular weight is 155 g/mol. The molecule has 3 heteroatoms. The highest BCUT2D eigenvalue weighted by Gasteiger charge is 2.33. The van der Waals surface area contributed by atoms with Crippen molar-refractivity contribution in [2.75, 3.05) is 0 Å². The second-order valence-corrected chi connectivity index (χ2v) is 2.83. The first-order chi connectivity index (χ1) is 5.13. The smallest absolute Gasteiger partial charge is 0.150 e. The summed E-state index contributed by atoms with van der Waals surface area (Å²) in [6, 6.07) is 0. The maximum absolute atomic E-state index is 11.0. The largest absolute Gasteiger partial charge is 0.299 e. The first-order valence-electron chi connectivity index (χ1n) is 3.69. The zero-order valence-electron chi connectivity index (χ0n) is 6.42. The summed E-state index contributed by atoms with van der Waals surface area (Å²) in [6.45, 7) is 1.30. The molecule has 1 aliphatic carbocycles. The molecule has 1 saturated carbocycles. The number of carbonyl (C=O) groups is 3. The van der Waals surface area contributed by atoms with Gasteiger partial charge in [0.1, 0.15) is 11.7 Å². The third-order valence-electron chi connectivity index (χ3n) is 1.90. The Morgan fingerprint density at radius 1 is 1.27 bits per heavy atom. The lowest BCUT2D eigenvalue weighted by molar-refractivity contribution is -0.141. The number of Topliss-reactive ketones (excluding diaryl/α,β-unsaturated/α-hetero) is 3. The molecule has 11 heavy (non-hydrogen) atoms. The van der Waals surface area contributed by atoms with Gasteiger partial charge in [0.25, 0.3) is 0 Å². The summed E-state index contributed by atoms with van der Waals surface area (Å²) in [4.78, 5) is 32.8. The van der Waals surface area contributed by atoms with E-state index in [0.29, 0.717) is 19.3 Å². The third kappa shape index (κ3) is 1.53. The lowest BCUT2D eigenvalue weighted by Crippen LogP contribution is -2.33. The molecule has 3 nitrogen and oxygen atoms in total. The van der Waals surface area contributed by atoms with Crippen LogP contribution in [0.25, 0.3) is 0 Å². The molecular formula is C8H10O3. The Balaban J connectivity index is 2.79. The first-order valence-corrected chi connectivity index (χ1v) is 3.69. The SMILES string of the molecule is C[13C](=O)C1C(=O)CCCC1=O. The zero-order chi connectivity index (χ0) is 8.43. The predicted octanol–water partition coefficient (Wildman–Crippen LogP) is 0.514. The van der Waals surface area contributed by atoms with Gasteiger partial charge >= 0.3 is 0 Å². The Morgan fingerprint density at radius 3 is 2.00 bits per heavy atom. The lowest BCUT2D eigenvalue weighted by atomic mass is 9.90. The summed E-state index contributed by atoms with van der Waals surface area (Å²) in [5.41, 5.74) is 0. The van der Waals surface area contributed by atoms with E-state index in [9.17, 15) is 14.4 Å². The molecule has 1 fully saturated rings. The molecule has 1 aliphatic rings. The van der Waals surface area contributed by atoms with E-state index in [1.54, 1.807) is 0 Å². The van der Waals surface area contributed by atoms with Crippen molar-refractivity contribution in [3.05, 3.63) is 0 Å². The molecule has 0 unspecified atom stereocenters. The van der Waals surface area contributed by atoms with Gasteiger partial charge in [0.05, 0.1) is 0 Å². The van der Waals surface area contributed by atoms with Crippen molar-refractivity contribution in [2.24, 2.45) is 5.92 Å². The molecule has 0 aromatic heterocycles. The lowest BCUT2D eigenvalue weighted by Gasteiger charge is -2.15. The highest BCUT2D eigenvalue weighted by atomic mass is 16.2. The highest BCUT2D eigenvalue weighted by Crippen LogP contribution is 2.17. The summed E-state index contributed by atoms with van der Waals surface area (Å²) < 4.78 is 0. The molecule has 0 amide bonds. The van der Waals surface area contributed by atoms with E-state index in [-0.39, 0.29) is 17.3 Å². The van der Waals surface area contributed by atoms with Crippen molar-refractivity contribution >= 4 is 17.3 Å². The van der Waals surface area contributed by atoms with Crippen molar-refractivity contribution in [1.29, 1.82) is 0 Å². The van der Waals surface area contributed by atoms with Crippen LogP contribution in [0.5, 0.6) is 0 Å². The van der Waals surface area contributed by atoms with Gasteiger partial charge in [0.15, 0.2) is 11.6 Å². The quantitative estimate of drug-likeness (QED) is 0.409. The van der Waals surface area contributed by atoms with Gasteiger partial charge in [-0.3, -0.25) is 14.4 Å². The van der Waals surface area contributed by atoms with E-state index in [4.69, 9.17) is 0 Å². The minimum atomic E-state index is -0.927. The minimum absolute atomic E-state index is 0.200. The first kappa shape index (κ1) is 8.11. The molecule has 0 aromatic carbocycles. The predicted molar refractivity (Wildman–Crippen MR) is 38.0 cm³/mol. The van der Waals surface area contributed by atoms with Crippen LogP contribution in [0.2, 0.25) is 0 Å². The van der Waals surface area contributed by atoms with Crippen molar-refractivity contribution in [3.8, 4) is 0 Å². The van der Waals surface area contributed by atoms with E-state index >= 15 is 0 Å². The van der Waals surface area contributed by atoms with E-state index in [1.165, 1.54) is 6.92 Å². The number of carbonyl (C=O) groups excluding carboxylic acids is 3. The summed E-state index contributed by atoms with van der Waals surface area (Å²) in [5, 5.41) is 0. The van der Waals surface area contributed by atoms with Crippen LogP contribution in [-0.4, -0.2) is 17.3 Å². The van der Waals surface area contributed by atoms with Crippen LogP contribution >= 0.6 is 0 Å². The van der Waals surface area contributed by atoms with Crippen LogP contribution < -0.4 is 0 Å². The van der Waals surface area contributed by atoms with Crippen LogP contribution in [0.15, 0.2) is 0 Å². The second kappa shape index (κ2) is 2.95. The fourth-order valence-electron chi connectivity index (χ4n) is 1.36. The summed E-state index contributed by atoms with van der Waals surface area (Å²) in [5.74, 6) is -1.63. The van der Waals surface area contributed by atoms with Crippen molar-refractivity contribution in [2.45, 2.75) is 26.2 Å². The summed E-state index contributed by atoms with van der Waals surface area (Å²) in [7, 11) is 0. The van der Waals surface area contributed by atoms with Gasteiger partial charge in [0, 0.05) is 12.8 Å². The van der Waals surface area contributed by atoms with E-state index < -0.39 is 5.92 Å². The number of ketones is 3. The molecule has 1 rings (SSSR count). The van der Waals surface area contributed by atoms with Crippen LogP contribution in [-0.2, 0) is 14.4 Å². The number of hydrogen-bond acceptors (Lipinski definition) is 3. The Labute approximate surface area is 64.8 Å². The maximum atomic E-state index is 11.0. The van der Waals surface area contributed by atoms with E-state index in [1.807, 2.05) is 0 Å². The van der Waals surface area contributed by atoms with Crippen molar-refractivity contribution in [1.82, 2.24) is 0 Å². The number of hydrogen-bond donors (Lipinski definition) is 0. The normalized spacial score (nSPS) is 20.5. The molecule has 0 N–H and O–H groups in total. The molecule has 0 atom stereocenters. The topological polar surface area (TPSA) is 51.2 Å². The van der Waals surface area contributed by atoms with Crippen LogP contribution in [0.3, 0.4) is 0 Å². The van der Waals surface area contributed by atoms with Gasteiger partial charge in [-0.25, -0.2) is 0 Å². The molecule has 60 valence electrons. The Bertz CT molecular complexity index is 201. The molecule has 0 aliphatic heterocycles. The molecule has 0 saturated heterocycles. The molecule has 0 heterocycles. The van der Waals surface area contributed by atoms with Gasteiger partial charge < -0.3 is 0 Å². The van der Waals surface area contributed by atoms with Crippen molar-refractivity contribution < 1.29 is 14.4 Å². The second-order valence-electron chi connectivity index (χ2n) is 2.83. The van der Waals surface area contributed by atoms with Gasteiger partial charge in [-0.05, 0) is 13.3 Å². The molecular weight excluding hydrogens is 145 g/mol. The molecule has 0 aromatic rings. The maximum Gasteiger partial charge on any atom is 0.150 e. The monoisotopic (exact) mass is 155 g/mol. The third-order valence-corrected chi connectivity index (χ3v) is 1.90. The van der Waals surface area contributed by atoms with Gasteiger partial charge in [-0.2, -0.15) is 0 Å². The zero-order valence-corrected chi connectivity index (χ0v) is 6.42. The molecule has 0 bridgehead atoms. The van der Waals surface area contributed by atoms with Crippen LogP contribution in [0.1, 0.15) is 26.2 Å². The fraction of sp³-hybridized carbons (Fsp3) is 0.625. The van der Waals surface area contributed by atoms with Gasteiger partial charge in [-0.1, -0.05) is 0 Å². The highest BCUT2D eigenvalue weighted by molar-refractivity contribution is 6.19. The van der Waals surface area contributed by atoms with Crippen LogP contribution in [0.4, 0.5) is 0 Å². The molecule has 0 spiro atoms. The standard InChI is InChI=1S/C8H10O3/c1-5(9)8-6(10)3-2-4-7(8)11/h8H,2-4H2,1H3/i5+1. The van der Waals surface area contributed by atoms with Crippen LogP contribution in [0, 0.1) is 5.92 Å². The summed E-state index contributed by atoms with van der Waals surface area (Å²) >= 11 is 0. The van der Waals surface area contributed by atoms with Gasteiger partial charge in [-0.15, -0.1) is 0 Å². The van der Waals surface area contributed by atoms with Crippen molar-refractivity contribution in [3.63, 3.8) is 0 Å². The Kier molecular flexibility index (Phi) is 2.17. The Hall–Kier alpha value is -0.990. The minimum Gasteiger partial charge on any atom is -0.299 e. The summed E-state index contributed by atoms with van der Waals surface area (Å²) in [6.07, 6.45) is 1.38. The van der Waals surface area contributed by atoms with Gasteiger partial charge in [0.2, 0.25) is 0 Å². The Morgan fingerprint density at radius 2 is 1.73 bits per heavy atom. The van der Waals surface area contributed by atoms with E-state index in [0.717, 1.165) is 0 Å². The number of rotatable bonds is 1. The van der Waals surface area contributed by atoms with E-state index in [2.05, 4.69) is 0 Å².